The summed E-state index contributed by atoms with van der Waals surface area (Å²) in [4.78, 5) is 0. The van der Waals surface area contributed by atoms with Crippen molar-refractivity contribution < 1.29 is 4.42 Å². The van der Waals surface area contributed by atoms with Crippen molar-refractivity contribution in [1.29, 1.82) is 0 Å². The van der Waals surface area contributed by atoms with Gasteiger partial charge in [0.15, 0.2) is 0 Å². The first-order valence-electron chi connectivity index (χ1n) is 11.9. The lowest BCUT2D eigenvalue weighted by atomic mass is 9.95. The zero-order valence-electron chi connectivity index (χ0n) is 19.1. The lowest BCUT2D eigenvalue weighted by molar-refractivity contribution is 0.598. The van der Waals surface area contributed by atoms with Gasteiger partial charge in [0, 0.05) is 11.1 Å². The Hall–Kier alpha value is -4.62. The minimum absolute atomic E-state index is 0.877. The van der Waals surface area contributed by atoms with E-state index in [0.717, 1.165) is 22.6 Å². The Morgan fingerprint density at radius 3 is 1.60 bits per heavy atom. The molecule has 0 spiro atoms. The van der Waals surface area contributed by atoms with Gasteiger partial charge in [0.05, 0.1) is 0 Å². The van der Waals surface area contributed by atoms with E-state index in [1.807, 2.05) is 0 Å². The molecule has 164 valence electrons. The Labute approximate surface area is 203 Å². The summed E-state index contributed by atoms with van der Waals surface area (Å²) in [5.74, 6) is 1.77. The molecule has 6 aromatic carbocycles. The molecule has 1 heteroatoms. The fourth-order valence-electron chi connectivity index (χ4n) is 5.10. The standard InChI is InChI=1S/C34H22O/c1-2-8-26-21-27(18-15-23(26)7-1)24-13-16-25(17-14-24)32-19-20-33(35-32)34-30-11-5-3-9-28(30)22-29-10-4-6-12-31(29)34/h1-22H. The molecule has 7 rings (SSSR count). The Balaban J connectivity index is 1.29. The van der Waals surface area contributed by atoms with E-state index in [4.69, 9.17) is 4.42 Å². The molecule has 0 aliphatic rings. The van der Waals surface area contributed by atoms with Crippen LogP contribution in [0.5, 0.6) is 0 Å². The number of fused-ring (bicyclic) bond motifs is 3. The molecule has 0 aliphatic heterocycles. The van der Waals surface area contributed by atoms with Gasteiger partial charge in [-0.15, -0.1) is 0 Å². The Bertz CT molecular complexity index is 1780. The van der Waals surface area contributed by atoms with Crippen LogP contribution in [-0.2, 0) is 0 Å². The average molecular weight is 447 g/mol. The van der Waals surface area contributed by atoms with Gasteiger partial charge < -0.3 is 4.42 Å². The Morgan fingerprint density at radius 2 is 0.886 bits per heavy atom. The Kier molecular flexibility index (Phi) is 4.53. The summed E-state index contributed by atoms with van der Waals surface area (Å²) >= 11 is 0. The van der Waals surface area contributed by atoms with E-state index in [-0.39, 0.29) is 0 Å². The van der Waals surface area contributed by atoms with Gasteiger partial charge in [-0.1, -0.05) is 109 Å². The maximum absolute atomic E-state index is 6.48. The third kappa shape index (κ3) is 3.41. The van der Waals surface area contributed by atoms with Crippen LogP contribution in [0, 0.1) is 0 Å². The number of benzene rings is 6. The van der Waals surface area contributed by atoms with Crippen LogP contribution in [0.1, 0.15) is 0 Å². The molecule has 1 heterocycles. The van der Waals surface area contributed by atoms with E-state index in [2.05, 4.69) is 133 Å². The van der Waals surface area contributed by atoms with E-state index in [9.17, 15) is 0 Å². The number of rotatable bonds is 3. The van der Waals surface area contributed by atoms with Gasteiger partial charge in [-0.05, 0) is 67.7 Å². The number of hydrogen-bond acceptors (Lipinski definition) is 1. The van der Waals surface area contributed by atoms with Gasteiger partial charge in [-0.3, -0.25) is 0 Å². The highest BCUT2D eigenvalue weighted by Gasteiger charge is 2.14. The van der Waals surface area contributed by atoms with Gasteiger partial charge in [-0.25, -0.2) is 0 Å². The number of hydrogen-bond donors (Lipinski definition) is 0. The van der Waals surface area contributed by atoms with Gasteiger partial charge in [0.25, 0.3) is 0 Å². The van der Waals surface area contributed by atoms with Crippen LogP contribution in [-0.4, -0.2) is 0 Å². The second-order valence-corrected chi connectivity index (χ2v) is 9.00. The van der Waals surface area contributed by atoms with Crippen LogP contribution in [0.3, 0.4) is 0 Å². The first-order chi connectivity index (χ1) is 17.3. The zero-order chi connectivity index (χ0) is 23.2. The predicted octanol–water partition coefficient (Wildman–Crippen LogP) is 9.74. The summed E-state index contributed by atoms with van der Waals surface area (Å²) in [6.45, 7) is 0. The second kappa shape index (κ2) is 8.00. The largest absolute Gasteiger partial charge is 0.456 e. The first-order valence-corrected chi connectivity index (χ1v) is 11.9. The fraction of sp³-hybridized carbons (Fsp3) is 0. The summed E-state index contributed by atoms with van der Waals surface area (Å²) in [5, 5.41) is 7.37. The van der Waals surface area contributed by atoms with E-state index in [1.165, 1.54) is 43.4 Å². The highest BCUT2D eigenvalue weighted by atomic mass is 16.3. The summed E-state index contributed by atoms with van der Waals surface area (Å²) in [6.07, 6.45) is 0. The molecule has 1 nitrogen and oxygen atoms in total. The predicted molar refractivity (Wildman–Crippen MR) is 148 cm³/mol. The summed E-state index contributed by atoms with van der Waals surface area (Å²) < 4.78 is 6.48. The van der Waals surface area contributed by atoms with Crippen LogP contribution in [0.15, 0.2) is 138 Å². The van der Waals surface area contributed by atoms with E-state index in [0.29, 0.717) is 0 Å². The van der Waals surface area contributed by atoms with Crippen LogP contribution < -0.4 is 0 Å². The molecular formula is C34H22O. The second-order valence-electron chi connectivity index (χ2n) is 9.00. The van der Waals surface area contributed by atoms with Gasteiger partial charge in [0.2, 0.25) is 0 Å². The van der Waals surface area contributed by atoms with Crippen LogP contribution in [0.25, 0.3) is 66.1 Å². The highest BCUT2D eigenvalue weighted by molar-refractivity contribution is 6.11. The summed E-state index contributed by atoms with van der Waals surface area (Å²) in [5.41, 5.74) is 4.65. The molecule has 0 unspecified atom stereocenters. The van der Waals surface area contributed by atoms with Crippen LogP contribution in [0.4, 0.5) is 0 Å². The van der Waals surface area contributed by atoms with Crippen molar-refractivity contribution in [2.75, 3.05) is 0 Å². The molecule has 0 saturated heterocycles. The van der Waals surface area contributed by atoms with Crippen molar-refractivity contribution in [2.45, 2.75) is 0 Å². The monoisotopic (exact) mass is 446 g/mol. The van der Waals surface area contributed by atoms with Crippen molar-refractivity contribution in [3.63, 3.8) is 0 Å². The smallest absolute Gasteiger partial charge is 0.136 e. The maximum atomic E-state index is 6.48. The normalized spacial score (nSPS) is 11.4. The van der Waals surface area contributed by atoms with E-state index >= 15 is 0 Å². The van der Waals surface area contributed by atoms with Gasteiger partial charge in [-0.2, -0.15) is 0 Å². The molecule has 0 atom stereocenters. The Morgan fingerprint density at radius 1 is 0.343 bits per heavy atom. The topological polar surface area (TPSA) is 13.1 Å². The minimum atomic E-state index is 0.877. The lowest BCUT2D eigenvalue weighted by Crippen LogP contribution is -1.83. The highest BCUT2D eigenvalue weighted by Crippen LogP contribution is 2.39. The van der Waals surface area contributed by atoms with Crippen molar-refractivity contribution in [3.8, 4) is 33.8 Å². The van der Waals surface area contributed by atoms with E-state index in [1.54, 1.807) is 0 Å². The van der Waals surface area contributed by atoms with Crippen molar-refractivity contribution >= 4 is 32.3 Å². The van der Waals surface area contributed by atoms with Crippen LogP contribution >= 0.6 is 0 Å². The maximum Gasteiger partial charge on any atom is 0.136 e. The minimum Gasteiger partial charge on any atom is -0.456 e. The van der Waals surface area contributed by atoms with Crippen molar-refractivity contribution in [3.05, 3.63) is 133 Å². The fourth-order valence-corrected chi connectivity index (χ4v) is 5.10. The summed E-state index contributed by atoms with van der Waals surface area (Å²) in [7, 11) is 0. The molecular weight excluding hydrogens is 424 g/mol. The molecule has 0 N–H and O–H groups in total. The molecule has 0 amide bonds. The third-order valence-corrected chi connectivity index (χ3v) is 6.88. The molecule has 0 saturated carbocycles. The first kappa shape index (κ1) is 19.8. The molecule has 1 aromatic heterocycles. The van der Waals surface area contributed by atoms with Gasteiger partial charge in [0.1, 0.15) is 11.5 Å². The lowest BCUT2D eigenvalue weighted by Gasteiger charge is -2.10. The molecule has 0 aliphatic carbocycles. The SMILES string of the molecule is c1ccc2cc(-c3ccc(-c4ccc(-c5c6ccccc6cc6ccccc56)o4)cc3)ccc2c1. The summed E-state index contributed by atoms with van der Waals surface area (Å²) in [6, 6.07) is 47.2. The average Bonchev–Trinajstić information content (AvgIpc) is 3.41. The quantitative estimate of drug-likeness (QED) is 0.246. The van der Waals surface area contributed by atoms with Crippen molar-refractivity contribution in [1.82, 2.24) is 0 Å². The van der Waals surface area contributed by atoms with Crippen molar-refractivity contribution in [2.24, 2.45) is 0 Å². The molecule has 0 radical (unpaired) electrons. The molecule has 35 heavy (non-hydrogen) atoms. The van der Waals surface area contributed by atoms with Gasteiger partial charge >= 0.3 is 0 Å². The third-order valence-electron chi connectivity index (χ3n) is 6.88. The van der Waals surface area contributed by atoms with E-state index < -0.39 is 0 Å². The molecule has 7 aromatic rings. The van der Waals surface area contributed by atoms with Crippen LogP contribution in [0.2, 0.25) is 0 Å². The zero-order valence-corrected chi connectivity index (χ0v) is 19.1. The molecule has 0 bridgehead atoms. The number of furan rings is 1. The molecule has 0 fully saturated rings.